The Hall–Kier alpha value is -0.120. The Balaban J connectivity index is 2.00. The molecule has 124 valence electrons. The first-order valence-corrected chi connectivity index (χ1v) is 8.96. The molecular formula is C18H36N2O. The van der Waals surface area contributed by atoms with Gasteiger partial charge in [0.1, 0.15) is 0 Å². The van der Waals surface area contributed by atoms with Crippen LogP contribution in [0.1, 0.15) is 59.3 Å². The number of nitrogens with one attached hydrogen (secondary N) is 1. The first kappa shape index (κ1) is 17.2. The molecule has 2 rings (SSSR count). The van der Waals surface area contributed by atoms with E-state index in [0.29, 0.717) is 17.6 Å². The molecule has 3 atom stereocenters. The van der Waals surface area contributed by atoms with E-state index in [9.17, 15) is 0 Å². The summed E-state index contributed by atoms with van der Waals surface area (Å²) in [5.74, 6) is 0.872. The lowest BCUT2D eigenvalue weighted by Crippen LogP contribution is -2.56. The second-order valence-corrected chi connectivity index (χ2v) is 7.79. The van der Waals surface area contributed by atoms with Gasteiger partial charge in [0, 0.05) is 32.3 Å². The summed E-state index contributed by atoms with van der Waals surface area (Å²) in [6.07, 6.45) is 8.26. The highest BCUT2D eigenvalue weighted by Gasteiger charge is 2.39. The molecule has 0 aromatic carbocycles. The maximum Gasteiger partial charge on any atom is 0.0595 e. The van der Waals surface area contributed by atoms with Crippen molar-refractivity contribution in [3.63, 3.8) is 0 Å². The minimum Gasteiger partial charge on any atom is -0.381 e. The second-order valence-electron chi connectivity index (χ2n) is 7.79. The van der Waals surface area contributed by atoms with Crippen LogP contribution in [0.5, 0.6) is 0 Å². The van der Waals surface area contributed by atoms with E-state index < -0.39 is 0 Å². The third-order valence-electron chi connectivity index (χ3n) is 6.48. The molecule has 0 bridgehead atoms. The maximum atomic E-state index is 5.53. The molecule has 1 heterocycles. The molecule has 2 fully saturated rings. The van der Waals surface area contributed by atoms with Crippen molar-refractivity contribution in [1.82, 2.24) is 10.2 Å². The predicted molar refractivity (Wildman–Crippen MR) is 89.7 cm³/mol. The van der Waals surface area contributed by atoms with Crippen molar-refractivity contribution < 1.29 is 4.74 Å². The molecule has 2 aliphatic rings. The molecule has 1 N–H and O–H groups in total. The topological polar surface area (TPSA) is 24.5 Å². The number of piperidine rings is 1. The Morgan fingerprint density at radius 2 is 1.81 bits per heavy atom. The largest absolute Gasteiger partial charge is 0.381 e. The summed E-state index contributed by atoms with van der Waals surface area (Å²) in [5, 5.41) is 3.59. The van der Waals surface area contributed by atoms with Crippen molar-refractivity contribution in [3.8, 4) is 0 Å². The number of methoxy groups -OCH3 is 1. The van der Waals surface area contributed by atoms with Gasteiger partial charge in [-0.25, -0.2) is 0 Å². The van der Waals surface area contributed by atoms with Crippen LogP contribution in [0.2, 0.25) is 0 Å². The van der Waals surface area contributed by atoms with Crippen LogP contribution in [0.15, 0.2) is 0 Å². The standard InChI is InChI=1S/C18H36N2O/c1-6-18(2,3)14-7-8-16(19-4)17(13-14)20-11-9-15(21-5)10-12-20/h14-17,19H,6-13H2,1-5H3. The predicted octanol–water partition coefficient (Wildman–Crippen LogP) is 3.29. The summed E-state index contributed by atoms with van der Waals surface area (Å²) in [5.41, 5.74) is 0.488. The molecule has 1 aliphatic carbocycles. The van der Waals surface area contributed by atoms with Gasteiger partial charge >= 0.3 is 0 Å². The third kappa shape index (κ3) is 4.00. The molecule has 3 unspecified atom stereocenters. The van der Waals surface area contributed by atoms with Crippen LogP contribution < -0.4 is 5.32 Å². The minimum atomic E-state index is 0.487. The van der Waals surface area contributed by atoms with E-state index in [1.807, 2.05) is 7.11 Å². The Labute approximate surface area is 131 Å². The SMILES string of the molecule is CCC(C)(C)C1CCC(NC)C(N2CCC(OC)CC2)C1. The van der Waals surface area contributed by atoms with Crippen molar-refractivity contribution in [2.45, 2.75) is 77.5 Å². The summed E-state index contributed by atoms with van der Waals surface area (Å²) in [6.45, 7) is 9.70. The Morgan fingerprint density at radius 1 is 1.14 bits per heavy atom. The Morgan fingerprint density at radius 3 is 2.33 bits per heavy atom. The molecule has 0 aromatic rings. The average molecular weight is 296 g/mol. The van der Waals surface area contributed by atoms with Crippen LogP contribution in [-0.2, 0) is 4.74 Å². The molecule has 0 radical (unpaired) electrons. The fourth-order valence-corrected chi connectivity index (χ4v) is 4.33. The van der Waals surface area contributed by atoms with Gasteiger partial charge in [-0.15, -0.1) is 0 Å². The highest BCUT2D eigenvalue weighted by Crippen LogP contribution is 2.42. The van der Waals surface area contributed by atoms with Gasteiger partial charge < -0.3 is 10.1 Å². The molecular weight excluding hydrogens is 260 g/mol. The number of ether oxygens (including phenoxy) is 1. The van der Waals surface area contributed by atoms with Gasteiger partial charge in [0.2, 0.25) is 0 Å². The van der Waals surface area contributed by atoms with Gasteiger partial charge in [-0.05, 0) is 50.5 Å². The number of likely N-dealkylation sites (tertiary alicyclic amines) is 1. The number of nitrogens with zero attached hydrogens (tertiary/aromatic N) is 1. The molecule has 0 amide bonds. The number of rotatable bonds is 5. The van der Waals surface area contributed by atoms with Crippen LogP contribution in [0, 0.1) is 11.3 Å². The first-order chi connectivity index (χ1) is 10.0. The lowest BCUT2D eigenvalue weighted by molar-refractivity contribution is -0.00329. The van der Waals surface area contributed by atoms with Crippen molar-refractivity contribution in [1.29, 1.82) is 0 Å². The molecule has 3 nitrogen and oxygen atoms in total. The first-order valence-electron chi connectivity index (χ1n) is 8.96. The monoisotopic (exact) mass is 296 g/mol. The van der Waals surface area contributed by atoms with E-state index in [4.69, 9.17) is 4.74 Å². The van der Waals surface area contributed by atoms with Crippen LogP contribution in [0.4, 0.5) is 0 Å². The molecule has 21 heavy (non-hydrogen) atoms. The fraction of sp³-hybridized carbons (Fsp3) is 1.00. The van der Waals surface area contributed by atoms with Crippen LogP contribution in [0.25, 0.3) is 0 Å². The summed E-state index contributed by atoms with van der Waals surface area (Å²) < 4.78 is 5.53. The van der Waals surface area contributed by atoms with E-state index in [-0.39, 0.29) is 0 Å². The number of hydrogen-bond donors (Lipinski definition) is 1. The zero-order chi connectivity index (χ0) is 15.5. The van der Waals surface area contributed by atoms with Crippen LogP contribution in [0.3, 0.4) is 0 Å². The van der Waals surface area contributed by atoms with Crippen LogP contribution >= 0.6 is 0 Å². The van der Waals surface area contributed by atoms with Crippen molar-refractivity contribution in [2.24, 2.45) is 11.3 Å². The number of likely N-dealkylation sites (N-methyl/N-ethyl adjacent to an activating group) is 1. The zero-order valence-corrected chi connectivity index (χ0v) is 14.8. The van der Waals surface area contributed by atoms with E-state index in [1.165, 1.54) is 51.6 Å². The van der Waals surface area contributed by atoms with E-state index >= 15 is 0 Å². The highest BCUT2D eigenvalue weighted by atomic mass is 16.5. The quantitative estimate of drug-likeness (QED) is 0.842. The summed E-state index contributed by atoms with van der Waals surface area (Å²) in [4.78, 5) is 2.74. The number of hydrogen-bond acceptors (Lipinski definition) is 3. The van der Waals surface area contributed by atoms with E-state index in [0.717, 1.165) is 12.0 Å². The average Bonchev–Trinajstić information content (AvgIpc) is 2.54. The van der Waals surface area contributed by atoms with Crippen LogP contribution in [-0.4, -0.2) is 50.3 Å². The third-order valence-corrected chi connectivity index (χ3v) is 6.48. The minimum absolute atomic E-state index is 0.487. The van der Waals surface area contributed by atoms with Gasteiger partial charge in [0.25, 0.3) is 0 Å². The Kier molecular flexibility index (Phi) is 6.10. The van der Waals surface area contributed by atoms with E-state index in [1.54, 1.807) is 0 Å². The summed E-state index contributed by atoms with van der Waals surface area (Å²) >= 11 is 0. The molecule has 3 heteroatoms. The smallest absolute Gasteiger partial charge is 0.0595 e. The molecule has 0 aromatic heterocycles. The lowest BCUT2D eigenvalue weighted by atomic mass is 9.67. The fourth-order valence-electron chi connectivity index (χ4n) is 4.33. The molecule has 0 spiro atoms. The summed E-state index contributed by atoms with van der Waals surface area (Å²) in [7, 11) is 4.00. The van der Waals surface area contributed by atoms with E-state index in [2.05, 4.69) is 38.0 Å². The van der Waals surface area contributed by atoms with Crippen molar-refractivity contribution in [3.05, 3.63) is 0 Å². The van der Waals surface area contributed by atoms with Crippen molar-refractivity contribution in [2.75, 3.05) is 27.2 Å². The second kappa shape index (κ2) is 7.43. The highest BCUT2D eigenvalue weighted by molar-refractivity contribution is 4.95. The van der Waals surface area contributed by atoms with Gasteiger partial charge in [-0.2, -0.15) is 0 Å². The normalized spacial score (nSPS) is 33.3. The molecule has 1 saturated carbocycles. The molecule has 1 aliphatic heterocycles. The Bertz CT molecular complexity index is 310. The zero-order valence-electron chi connectivity index (χ0n) is 14.8. The lowest BCUT2D eigenvalue weighted by Gasteiger charge is -2.48. The maximum absolute atomic E-state index is 5.53. The van der Waals surface area contributed by atoms with Gasteiger partial charge in [-0.3, -0.25) is 4.90 Å². The van der Waals surface area contributed by atoms with Gasteiger partial charge in [0.05, 0.1) is 6.10 Å². The van der Waals surface area contributed by atoms with Gasteiger partial charge in [0.15, 0.2) is 0 Å². The summed E-state index contributed by atoms with van der Waals surface area (Å²) in [6, 6.07) is 1.39. The van der Waals surface area contributed by atoms with Crippen molar-refractivity contribution >= 4 is 0 Å². The molecule has 1 saturated heterocycles. The van der Waals surface area contributed by atoms with Gasteiger partial charge in [-0.1, -0.05) is 27.2 Å².